The number of anilines is 1. The predicted octanol–water partition coefficient (Wildman–Crippen LogP) is 4.43. The number of rotatable bonds is 9. The molecule has 0 bridgehead atoms. The molecule has 24 heavy (non-hydrogen) atoms. The van der Waals surface area contributed by atoms with Gasteiger partial charge in [0, 0.05) is 19.8 Å². The van der Waals surface area contributed by atoms with Crippen LogP contribution in [-0.4, -0.2) is 50.0 Å². The average Bonchev–Trinajstić information content (AvgIpc) is 2.93. The second kappa shape index (κ2) is 9.45. The molecule has 4 heteroatoms. The fourth-order valence-electron chi connectivity index (χ4n) is 3.02. The fraction of sp³-hybridized carbons (Fsp3) is 0.600. The van der Waals surface area contributed by atoms with Gasteiger partial charge in [-0.2, -0.15) is 9.71 Å². The topological polar surface area (TPSA) is 21.9 Å². The van der Waals surface area contributed by atoms with E-state index >= 15 is 0 Å². The van der Waals surface area contributed by atoms with Crippen molar-refractivity contribution in [3.63, 3.8) is 0 Å². The Labute approximate surface area is 147 Å². The van der Waals surface area contributed by atoms with E-state index in [-0.39, 0.29) is 0 Å². The Morgan fingerprint density at radius 3 is 2.54 bits per heavy atom. The highest BCUT2D eigenvalue weighted by Crippen LogP contribution is 2.17. The zero-order chi connectivity index (χ0) is 17.4. The van der Waals surface area contributed by atoms with Crippen LogP contribution in [0.4, 0.5) is 5.69 Å². The number of hydrogen-bond acceptors (Lipinski definition) is 3. The van der Waals surface area contributed by atoms with Gasteiger partial charge in [-0.3, -0.25) is 0 Å². The molecule has 0 N–H and O–H groups in total. The van der Waals surface area contributed by atoms with E-state index in [4.69, 9.17) is 0 Å². The van der Waals surface area contributed by atoms with Gasteiger partial charge >= 0.3 is 0 Å². The summed E-state index contributed by atoms with van der Waals surface area (Å²) >= 11 is 0. The molecule has 0 aromatic heterocycles. The molecule has 1 aromatic carbocycles. The van der Waals surface area contributed by atoms with Gasteiger partial charge in [0.05, 0.1) is 12.3 Å². The molecule has 132 valence electrons. The van der Waals surface area contributed by atoms with E-state index in [9.17, 15) is 0 Å². The van der Waals surface area contributed by atoms with E-state index in [0.717, 1.165) is 13.1 Å². The summed E-state index contributed by atoms with van der Waals surface area (Å²) in [6, 6.07) is 9.06. The minimum Gasteiger partial charge on any atom is -0.378 e. The van der Waals surface area contributed by atoms with E-state index < -0.39 is 0 Å². The van der Waals surface area contributed by atoms with Crippen LogP contribution in [-0.2, 0) is 0 Å². The van der Waals surface area contributed by atoms with Crippen molar-refractivity contribution < 1.29 is 4.70 Å². The molecule has 1 atom stereocenters. The lowest BCUT2D eigenvalue weighted by molar-refractivity contribution is -0.556. The lowest BCUT2D eigenvalue weighted by Crippen LogP contribution is -2.28. The second-order valence-electron chi connectivity index (χ2n) is 6.92. The van der Waals surface area contributed by atoms with Gasteiger partial charge in [-0.15, -0.1) is 0 Å². The monoisotopic (exact) mass is 329 g/mol. The third kappa shape index (κ3) is 5.66. The highest BCUT2D eigenvalue weighted by Gasteiger charge is 2.29. The number of nitrogens with zero attached hydrogens (tertiary/aromatic N) is 4. The maximum atomic E-state index is 4.65. The van der Waals surface area contributed by atoms with Gasteiger partial charge < -0.3 is 4.90 Å². The van der Waals surface area contributed by atoms with Crippen molar-refractivity contribution in [3.05, 3.63) is 35.9 Å². The van der Waals surface area contributed by atoms with Crippen LogP contribution in [0, 0.1) is 0 Å². The lowest BCUT2D eigenvalue weighted by Gasteiger charge is -2.12. The first-order chi connectivity index (χ1) is 11.6. The number of benzene rings is 1. The summed E-state index contributed by atoms with van der Waals surface area (Å²) in [5.41, 5.74) is 2.48. The molecule has 1 unspecified atom stereocenters. The molecule has 0 spiro atoms. The standard InChI is InChI=1S/C20H33N4/c1-5-6-7-8-9-16-24-20(17-23(4)21-24)15-12-18-10-13-19(14-11-18)22(2)3/h10-15,20H,5-9,16-17H2,1-4H3/q+1. The molecule has 1 aliphatic rings. The van der Waals surface area contributed by atoms with Gasteiger partial charge in [-0.1, -0.05) is 44.4 Å². The van der Waals surface area contributed by atoms with Gasteiger partial charge in [0.25, 0.3) is 0 Å². The van der Waals surface area contributed by atoms with E-state index in [1.165, 1.54) is 43.4 Å². The van der Waals surface area contributed by atoms with E-state index in [2.05, 4.69) is 84.3 Å². The molecular weight excluding hydrogens is 296 g/mol. The summed E-state index contributed by atoms with van der Waals surface area (Å²) in [6.45, 7) is 4.29. The van der Waals surface area contributed by atoms with E-state index in [0.29, 0.717) is 6.04 Å². The van der Waals surface area contributed by atoms with Crippen molar-refractivity contribution in [2.75, 3.05) is 39.1 Å². The van der Waals surface area contributed by atoms with Crippen molar-refractivity contribution >= 4 is 11.8 Å². The predicted molar refractivity (Wildman–Crippen MR) is 103 cm³/mol. The summed E-state index contributed by atoms with van der Waals surface area (Å²) in [4.78, 5) is 2.12. The molecule has 0 saturated heterocycles. The molecule has 1 aliphatic heterocycles. The summed E-state index contributed by atoms with van der Waals surface area (Å²) < 4.78 is 2.05. The Hall–Kier alpha value is -1.84. The molecule has 4 nitrogen and oxygen atoms in total. The first-order valence-electron chi connectivity index (χ1n) is 9.25. The Balaban J connectivity index is 1.87. The number of likely N-dealkylation sites (N-methyl/N-ethyl adjacent to an activating group) is 1. The van der Waals surface area contributed by atoms with Crippen LogP contribution in [0.15, 0.2) is 35.6 Å². The quantitative estimate of drug-likeness (QED) is 0.494. The lowest BCUT2D eigenvalue weighted by atomic mass is 10.1. The molecule has 2 rings (SSSR count). The summed E-state index contributed by atoms with van der Waals surface area (Å²) in [5, 5.41) is 6.89. The molecule has 0 saturated carbocycles. The molecule has 0 amide bonds. The zero-order valence-corrected chi connectivity index (χ0v) is 15.8. The smallest absolute Gasteiger partial charge is 0.175 e. The highest BCUT2D eigenvalue weighted by atomic mass is 15.6. The van der Waals surface area contributed by atoms with Crippen LogP contribution in [0.2, 0.25) is 0 Å². The third-order valence-electron chi connectivity index (χ3n) is 4.51. The Morgan fingerprint density at radius 1 is 1.17 bits per heavy atom. The largest absolute Gasteiger partial charge is 0.378 e. The molecule has 1 aromatic rings. The Kier molecular flexibility index (Phi) is 7.29. The van der Waals surface area contributed by atoms with Crippen LogP contribution in [0.1, 0.15) is 44.6 Å². The van der Waals surface area contributed by atoms with Crippen LogP contribution < -0.4 is 4.90 Å². The SMILES string of the molecule is CCCCCCCN1N=[N+](C)CC1C=Cc1ccc(N(C)C)cc1. The summed E-state index contributed by atoms with van der Waals surface area (Å²) in [7, 11) is 6.20. The van der Waals surface area contributed by atoms with Crippen molar-refractivity contribution in [2.45, 2.75) is 45.1 Å². The van der Waals surface area contributed by atoms with Crippen molar-refractivity contribution in [1.29, 1.82) is 0 Å². The second-order valence-corrected chi connectivity index (χ2v) is 6.92. The van der Waals surface area contributed by atoms with Gasteiger partial charge in [-0.05, 0) is 36.6 Å². The van der Waals surface area contributed by atoms with E-state index in [1.807, 2.05) is 0 Å². The minimum atomic E-state index is 0.384. The summed E-state index contributed by atoms with van der Waals surface area (Å²) in [6.07, 6.45) is 11.1. The van der Waals surface area contributed by atoms with Gasteiger partial charge in [0.1, 0.15) is 6.54 Å². The van der Waals surface area contributed by atoms with Crippen LogP contribution in [0.3, 0.4) is 0 Å². The van der Waals surface area contributed by atoms with Gasteiger partial charge in [-0.25, -0.2) is 0 Å². The molecular formula is C20H33N4+. The highest BCUT2D eigenvalue weighted by molar-refractivity contribution is 5.55. The average molecular weight is 330 g/mol. The first-order valence-corrected chi connectivity index (χ1v) is 9.25. The zero-order valence-electron chi connectivity index (χ0n) is 15.8. The van der Waals surface area contributed by atoms with E-state index in [1.54, 1.807) is 0 Å². The maximum absolute atomic E-state index is 4.65. The Bertz CT molecular complexity index is 545. The molecule has 0 radical (unpaired) electrons. The van der Waals surface area contributed by atoms with Crippen LogP contribution in [0.5, 0.6) is 0 Å². The number of hydrogen-bond donors (Lipinski definition) is 0. The van der Waals surface area contributed by atoms with Crippen molar-refractivity contribution in [1.82, 2.24) is 5.01 Å². The van der Waals surface area contributed by atoms with Crippen molar-refractivity contribution in [3.8, 4) is 0 Å². The normalized spacial score (nSPS) is 17.6. The molecule has 0 fully saturated rings. The van der Waals surface area contributed by atoms with Crippen LogP contribution >= 0.6 is 0 Å². The summed E-state index contributed by atoms with van der Waals surface area (Å²) in [5.74, 6) is 0. The van der Waals surface area contributed by atoms with Gasteiger partial charge in [0.2, 0.25) is 0 Å². The van der Waals surface area contributed by atoms with Crippen molar-refractivity contribution in [2.24, 2.45) is 5.22 Å². The molecule has 0 aliphatic carbocycles. The van der Waals surface area contributed by atoms with Crippen LogP contribution in [0.25, 0.3) is 6.08 Å². The maximum Gasteiger partial charge on any atom is 0.175 e. The van der Waals surface area contributed by atoms with Gasteiger partial charge in [0.15, 0.2) is 12.6 Å². The molecule has 1 heterocycles. The first kappa shape index (κ1) is 18.5. The minimum absolute atomic E-state index is 0.384. The Morgan fingerprint density at radius 2 is 1.88 bits per heavy atom. The fourth-order valence-corrected chi connectivity index (χ4v) is 3.02. The number of unbranched alkanes of at least 4 members (excludes halogenated alkanes) is 4. The third-order valence-corrected chi connectivity index (χ3v) is 4.51.